The van der Waals surface area contributed by atoms with Gasteiger partial charge in [0.15, 0.2) is 0 Å². The van der Waals surface area contributed by atoms with Crippen LogP contribution in [0.25, 0.3) is 0 Å². The van der Waals surface area contributed by atoms with Crippen molar-refractivity contribution < 1.29 is 4.65 Å². The lowest BCUT2D eigenvalue weighted by Gasteiger charge is -2.34. The maximum absolute atomic E-state index is 6.07. The number of hydrogen-bond donors (Lipinski definition) is 0. The summed E-state index contributed by atoms with van der Waals surface area (Å²) in [5.74, 6) is 0.849. The highest BCUT2D eigenvalue weighted by molar-refractivity contribution is 6.51. The molecule has 3 rings (SSSR count). The molecule has 2 nitrogen and oxygen atoms in total. The van der Waals surface area contributed by atoms with E-state index in [1.165, 1.54) is 57.9 Å². The van der Waals surface area contributed by atoms with E-state index < -0.39 is 0 Å². The van der Waals surface area contributed by atoms with Crippen LogP contribution < -0.4 is 0 Å². The van der Waals surface area contributed by atoms with Gasteiger partial charge in [0.2, 0.25) is 0 Å². The molecule has 0 aromatic heterocycles. The third-order valence-corrected chi connectivity index (χ3v) is 4.51. The molecule has 1 saturated carbocycles. The topological polar surface area (TPSA) is 12.5 Å². The van der Waals surface area contributed by atoms with Gasteiger partial charge in [-0.15, -0.1) is 0 Å². The second-order valence-corrected chi connectivity index (χ2v) is 5.51. The highest BCUT2D eigenvalue weighted by Gasteiger charge is 2.44. The van der Waals surface area contributed by atoms with Crippen molar-refractivity contribution >= 4 is 7.05 Å². The van der Waals surface area contributed by atoms with E-state index >= 15 is 0 Å². The second-order valence-electron chi connectivity index (χ2n) is 5.51. The fourth-order valence-corrected chi connectivity index (χ4v) is 3.67. The van der Waals surface area contributed by atoms with Crippen molar-refractivity contribution in [2.45, 2.75) is 63.2 Å². The van der Waals surface area contributed by atoms with E-state index in [2.05, 4.69) is 4.81 Å². The predicted octanol–water partition coefficient (Wildman–Crippen LogP) is 2.69. The molecule has 1 atom stereocenters. The molecule has 3 heteroatoms. The van der Waals surface area contributed by atoms with Crippen molar-refractivity contribution in [1.29, 1.82) is 0 Å². The molecule has 2 heterocycles. The van der Waals surface area contributed by atoms with E-state index in [1.54, 1.807) is 0 Å². The van der Waals surface area contributed by atoms with Crippen molar-refractivity contribution in [3.8, 4) is 0 Å². The summed E-state index contributed by atoms with van der Waals surface area (Å²) in [6, 6.07) is 0.769. The zero-order valence-corrected chi connectivity index (χ0v) is 9.66. The van der Waals surface area contributed by atoms with Gasteiger partial charge in [0.25, 0.3) is 0 Å². The van der Waals surface area contributed by atoms with Crippen molar-refractivity contribution in [3.05, 3.63) is 0 Å². The molecule has 0 spiro atoms. The lowest BCUT2D eigenvalue weighted by molar-refractivity contribution is 0.257. The van der Waals surface area contributed by atoms with Crippen LogP contribution in [0.3, 0.4) is 0 Å². The lowest BCUT2D eigenvalue weighted by atomic mass is 9.59. The second kappa shape index (κ2) is 4.46. The summed E-state index contributed by atoms with van der Waals surface area (Å²) in [6.07, 6.45) is 11.3. The Kier molecular flexibility index (Phi) is 3.02. The highest BCUT2D eigenvalue weighted by Crippen LogP contribution is 2.37. The fraction of sp³-hybridized carbons (Fsp3) is 1.00. The Morgan fingerprint density at radius 2 is 1.73 bits per heavy atom. The number of fused-ring (bicyclic) bond motifs is 1. The smallest absolute Gasteiger partial charge is 0.386 e. The summed E-state index contributed by atoms with van der Waals surface area (Å²) in [5, 5.41) is 0. The van der Waals surface area contributed by atoms with Crippen LogP contribution in [0.1, 0.15) is 51.4 Å². The Balaban J connectivity index is 1.65. The van der Waals surface area contributed by atoms with Gasteiger partial charge in [0.1, 0.15) is 0 Å². The number of nitrogens with zero attached hydrogens (tertiary/aromatic N) is 1. The minimum absolute atomic E-state index is 0.496. The van der Waals surface area contributed by atoms with Crippen LogP contribution in [0.15, 0.2) is 0 Å². The Labute approximate surface area is 93.5 Å². The Hall–Kier alpha value is -0.0151. The van der Waals surface area contributed by atoms with Crippen LogP contribution in [0.5, 0.6) is 0 Å². The normalized spacial score (nSPS) is 34.4. The Morgan fingerprint density at radius 3 is 2.60 bits per heavy atom. The van der Waals surface area contributed by atoms with Crippen molar-refractivity contribution in [3.63, 3.8) is 0 Å². The van der Waals surface area contributed by atoms with Crippen molar-refractivity contribution in [2.75, 3.05) is 13.2 Å². The summed E-state index contributed by atoms with van der Waals surface area (Å²) in [5.41, 5.74) is 0. The fourth-order valence-electron chi connectivity index (χ4n) is 3.67. The Morgan fingerprint density at radius 1 is 0.933 bits per heavy atom. The summed E-state index contributed by atoms with van der Waals surface area (Å²) in [4.78, 5) is 2.68. The largest absolute Gasteiger partial charge is 0.419 e. The van der Waals surface area contributed by atoms with Crippen LogP contribution in [0.2, 0.25) is 5.82 Å². The number of rotatable bonds is 1. The first kappa shape index (κ1) is 10.2. The molecule has 0 aromatic carbocycles. The van der Waals surface area contributed by atoms with Crippen LogP contribution in [0.4, 0.5) is 0 Å². The van der Waals surface area contributed by atoms with Gasteiger partial charge in [0, 0.05) is 12.6 Å². The molecule has 3 fully saturated rings. The standard InChI is InChI=1S/C12H22BNO/c1-2-6-11(7-3-1)13-14-9-5-4-8-12(14)10-15-13/h11-12H,1-10H2. The molecule has 0 N–H and O–H groups in total. The average molecular weight is 207 g/mol. The molecule has 0 radical (unpaired) electrons. The maximum atomic E-state index is 6.07. The lowest BCUT2D eigenvalue weighted by Crippen LogP contribution is -2.46. The van der Waals surface area contributed by atoms with Crippen molar-refractivity contribution in [2.24, 2.45) is 0 Å². The average Bonchev–Trinajstić information content (AvgIpc) is 2.74. The molecule has 2 aliphatic heterocycles. The minimum atomic E-state index is 0.496. The molecule has 0 aromatic rings. The summed E-state index contributed by atoms with van der Waals surface area (Å²) >= 11 is 0. The third-order valence-electron chi connectivity index (χ3n) is 4.51. The molecule has 2 saturated heterocycles. The quantitative estimate of drug-likeness (QED) is 0.613. The third kappa shape index (κ3) is 1.96. The highest BCUT2D eigenvalue weighted by atomic mass is 16.5. The van der Waals surface area contributed by atoms with Crippen LogP contribution in [-0.2, 0) is 4.65 Å². The first-order valence-electron chi connectivity index (χ1n) is 6.82. The summed E-state index contributed by atoms with van der Waals surface area (Å²) < 4.78 is 6.07. The first-order valence-corrected chi connectivity index (χ1v) is 6.82. The van der Waals surface area contributed by atoms with Gasteiger partial charge in [-0.1, -0.05) is 38.5 Å². The molecule has 1 aliphatic carbocycles. The minimum Gasteiger partial charge on any atom is -0.419 e. The van der Waals surface area contributed by atoms with Gasteiger partial charge in [-0.25, -0.2) is 0 Å². The molecule has 1 unspecified atom stereocenters. The molecular formula is C12H22BNO. The molecule has 84 valence electrons. The predicted molar refractivity (Wildman–Crippen MR) is 62.9 cm³/mol. The van der Waals surface area contributed by atoms with Crippen LogP contribution >= 0.6 is 0 Å². The van der Waals surface area contributed by atoms with Crippen LogP contribution in [0, 0.1) is 0 Å². The van der Waals surface area contributed by atoms with Gasteiger partial charge < -0.3 is 9.47 Å². The molecule has 3 aliphatic rings. The number of hydrogen-bond acceptors (Lipinski definition) is 2. The van der Waals surface area contributed by atoms with E-state index in [1.807, 2.05) is 0 Å². The van der Waals surface area contributed by atoms with Crippen molar-refractivity contribution in [1.82, 2.24) is 4.81 Å². The van der Waals surface area contributed by atoms with Crippen LogP contribution in [-0.4, -0.2) is 31.1 Å². The van der Waals surface area contributed by atoms with Gasteiger partial charge in [-0.2, -0.15) is 0 Å². The Bertz CT molecular complexity index is 218. The van der Waals surface area contributed by atoms with E-state index in [0.29, 0.717) is 7.05 Å². The van der Waals surface area contributed by atoms with Gasteiger partial charge in [-0.3, -0.25) is 0 Å². The van der Waals surface area contributed by atoms with Gasteiger partial charge in [0.05, 0.1) is 0 Å². The summed E-state index contributed by atoms with van der Waals surface area (Å²) in [6.45, 7) is 2.31. The molecule has 0 amide bonds. The van der Waals surface area contributed by atoms with E-state index in [4.69, 9.17) is 4.65 Å². The molecule has 15 heavy (non-hydrogen) atoms. The zero-order valence-electron chi connectivity index (χ0n) is 9.66. The molecule has 0 bridgehead atoms. The zero-order chi connectivity index (χ0) is 10.1. The monoisotopic (exact) mass is 207 g/mol. The van der Waals surface area contributed by atoms with E-state index in [-0.39, 0.29) is 0 Å². The van der Waals surface area contributed by atoms with E-state index in [0.717, 1.165) is 18.5 Å². The summed E-state index contributed by atoms with van der Waals surface area (Å²) in [7, 11) is 0.496. The van der Waals surface area contributed by atoms with E-state index in [9.17, 15) is 0 Å². The van der Waals surface area contributed by atoms with Gasteiger partial charge in [-0.05, 0) is 25.2 Å². The number of piperidine rings is 1. The maximum Gasteiger partial charge on any atom is 0.386 e. The molecular weight excluding hydrogens is 185 g/mol. The first-order chi connectivity index (χ1) is 7.45. The van der Waals surface area contributed by atoms with Gasteiger partial charge >= 0.3 is 7.05 Å². The SMILES string of the molecule is C1CCC(B2OCC3CCCCN23)CC1.